The average Bonchev–Trinajstić information content (AvgIpc) is 3.29. The summed E-state index contributed by atoms with van der Waals surface area (Å²) >= 11 is 0. The molecule has 5 rings (SSSR count). The molecule has 1 unspecified atom stereocenters. The Morgan fingerprint density at radius 3 is 2.69 bits per heavy atom. The lowest BCUT2D eigenvalue weighted by Crippen LogP contribution is -2.40. The van der Waals surface area contributed by atoms with Crippen molar-refractivity contribution < 1.29 is 14.3 Å². The summed E-state index contributed by atoms with van der Waals surface area (Å²) in [6.07, 6.45) is 9.04. The van der Waals surface area contributed by atoms with Gasteiger partial charge in [-0.05, 0) is 50.7 Å². The molecule has 1 amide bonds. The number of pyridine rings is 1. The molecule has 0 spiro atoms. The molecule has 0 radical (unpaired) electrons. The lowest BCUT2D eigenvalue weighted by Gasteiger charge is -2.35. The van der Waals surface area contributed by atoms with Gasteiger partial charge in [-0.25, -0.2) is 4.98 Å². The molecule has 2 aliphatic rings. The highest BCUT2D eigenvalue weighted by atomic mass is 16.5. The molecule has 11 nitrogen and oxygen atoms in total. The number of aromatic nitrogens is 4. The Kier molecular flexibility index (Phi) is 6.92. The van der Waals surface area contributed by atoms with E-state index in [4.69, 9.17) is 9.47 Å². The van der Waals surface area contributed by atoms with Crippen LogP contribution in [0.4, 0.5) is 17.3 Å². The van der Waals surface area contributed by atoms with Gasteiger partial charge >= 0.3 is 0 Å². The third kappa shape index (κ3) is 4.68. The number of carbonyl (C=O) groups excluding carboxylic acids is 1. The van der Waals surface area contributed by atoms with E-state index in [9.17, 15) is 9.59 Å². The average molecular weight is 496 g/mol. The van der Waals surface area contributed by atoms with E-state index in [2.05, 4.69) is 26.0 Å². The first-order chi connectivity index (χ1) is 17.5. The molecular formula is C25H33N7O4. The van der Waals surface area contributed by atoms with Crippen molar-refractivity contribution in [1.29, 1.82) is 0 Å². The zero-order valence-corrected chi connectivity index (χ0v) is 20.9. The Morgan fingerprint density at radius 1 is 1.14 bits per heavy atom. The first-order valence-electron chi connectivity index (χ1n) is 12.4. The van der Waals surface area contributed by atoms with E-state index in [1.165, 1.54) is 6.20 Å². The highest BCUT2D eigenvalue weighted by molar-refractivity contribution is 6.00. The fraction of sp³-hybridized carbons (Fsp3) is 0.520. The molecule has 0 saturated heterocycles. The van der Waals surface area contributed by atoms with Crippen LogP contribution < -0.4 is 21.5 Å². The first-order valence-corrected chi connectivity index (χ1v) is 12.4. The number of nitrogens with zero attached hydrogens (tertiary/aromatic N) is 4. The third-order valence-corrected chi connectivity index (χ3v) is 7.30. The van der Waals surface area contributed by atoms with Crippen LogP contribution in [0.5, 0.6) is 0 Å². The zero-order valence-electron chi connectivity index (χ0n) is 20.9. The molecule has 2 atom stereocenters. The van der Waals surface area contributed by atoms with Crippen LogP contribution in [0.3, 0.4) is 0 Å². The molecular weight excluding hydrogens is 462 g/mol. The number of carbonyl (C=O) groups is 1. The summed E-state index contributed by atoms with van der Waals surface area (Å²) in [7, 11) is 5.17. The number of amides is 1. The summed E-state index contributed by atoms with van der Waals surface area (Å²) < 4.78 is 14.2. The van der Waals surface area contributed by atoms with Crippen LogP contribution in [0, 0.1) is 0 Å². The van der Waals surface area contributed by atoms with Crippen molar-refractivity contribution in [3.8, 4) is 0 Å². The second-order valence-electron chi connectivity index (χ2n) is 9.51. The number of rotatable bonds is 8. The minimum atomic E-state index is -0.224. The Bertz CT molecular complexity index is 1300. The molecule has 192 valence electrons. The molecule has 0 bridgehead atoms. The predicted octanol–water partition coefficient (Wildman–Crippen LogP) is 2.71. The van der Waals surface area contributed by atoms with E-state index >= 15 is 0 Å². The summed E-state index contributed by atoms with van der Waals surface area (Å²) in [6.45, 7) is 0. The summed E-state index contributed by atoms with van der Waals surface area (Å²) in [4.78, 5) is 31.0. The van der Waals surface area contributed by atoms with Crippen molar-refractivity contribution in [2.24, 2.45) is 0 Å². The van der Waals surface area contributed by atoms with Gasteiger partial charge in [0.15, 0.2) is 5.65 Å². The van der Waals surface area contributed by atoms with Gasteiger partial charge in [0.1, 0.15) is 22.9 Å². The Labute approximate surface area is 209 Å². The molecule has 11 heteroatoms. The van der Waals surface area contributed by atoms with Crippen LogP contribution in [0.25, 0.3) is 5.65 Å². The standard InChI is InChI=1S/C25H33N7O4/c1-26-22-13-21(29-20-8-5-9-31(25(20)34)16-11-18(12-16)36-3)30-23-19(14-27-32(22)23)24(33)28-15-6-4-7-17(10-15)35-2/h5,8-9,13-18,26H,4,6-7,10-12H2,1-3H3,(H,28,33)(H,29,30)/t15?,16?,17-,18?/m0/s1. The number of nitrogens with one attached hydrogen (secondary N) is 3. The molecule has 36 heavy (non-hydrogen) atoms. The number of methoxy groups -OCH3 is 2. The SMILES string of the molecule is CNc1cc(Nc2cccn(C3CC(OC)C3)c2=O)nc2c(C(=O)NC3CCC[C@H](OC)C3)cnn12. The molecule has 3 aromatic heterocycles. The fourth-order valence-corrected chi connectivity index (χ4v) is 5.11. The van der Waals surface area contributed by atoms with Crippen molar-refractivity contribution in [2.75, 3.05) is 31.9 Å². The smallest absolute Gasteiger partial charge is 0.274 e. The van der Waals surface area contributed by atoms with Crippen molar-refractivity contribution in [3.05, 3.63) is 46.5 Å². The molecule has 0 aromatic carbocycles. The van der Waals surface area contributed by atoms with Crippen molar-refractivity contribution in [2.45, 2.75) is 62.8 Å². The molecule has 3 N–H and O–H groups in total. The minimum Gasteiger partial charge on any atom is -0.381 e. The van der Waals surface area contributed by atoms with Crippen LogP contribution in [0.1, 0.15) is 54.9 Å². The van der Waals surface area contributed by atoms with Crippen LogP contribution in [-0.4, -0.2) is 64.6 Å². The molecule has 0 aliphatic heterocycles. The topological polar surface area (TPSA) is 124 Å². The van der Waals surface area contributed by atoms with Gasteiger partial charge in [-0.15, -0.1) is 0 Å². The third-order valence-electron chi connectivity index (χ3n) is 7.30. The van der Waals surface area contributed by atoms with Gasteiger partial charge in [0.25, 0.3) is 11.5 Å². The van der Waals surface area contributed by atoms with E-state index in [0.717, 1.165) is 38.5 Å². The van der Waals surface area contributed by atoms with E-state index in [0.29, 0.717) is 28.5 Å². The largest absolute Gasteiger partial charge is 0.381 e. The van der Waals surface area contributed by atoms with Crippen LogP contribution in [0.15, 0.2) is 35.4 Å². The normalized spacial score (nSPS) is 23.8. The Morgan fingerprint density at radius 2 is 1.94 bits per heavy atom. The van der Waals surface area contributed by atoms with Gasteiger partial charge in [0, 0.05) is 45.6 Å². The van der Waals surface area contributed by atoms with Gasteiger partial charge < -0.3 is 30.0 Å². The van der Waals surface area contributed by atoms with Gasteiger partial charge in [-0.2, -0.15) is 9.61 Å². The summed E-state index contributed by atoms with van der Waals surface area (Å²) in [6, 6.07) is 5.50. The first kappa shape index (κ1) is 24.3. The molecule has 3 aromatic rings. The van der Waals surface area contributed by atoms with Gasteiger partial charge in [-0.1, -0.05) is 0 Å². The zero-order chi connectivity index (χ0) is 25.2. The Balaban J connectivity index is 1.40. The van der Waals surface area contributed by atoms with Crippen molar-refractivity contribution in [3.63, 3.8) is 0 Å². The Hall–Kier alpha value is -3.44. The second-order valence-corrected chi connectivity index (χ2v) is 9.51. The number of anilines is 3. The van der Waals surface area contributed by atoms with E-state index in [-0.39, 0.29) is 35.8 Å². The summed E-state index contributed by atoms with van der Waals surface area (Å²) in [5.41, 5.74) is 1.07. The van der Waals surface area contributed by atoms with Crippen LogP contribution >= 0.6 is 0 Å². The quantitative estimate of drug-likeness (QED) is 0.436. The molecule has 2 saturated carbocycles. The lowest BCUT2D eigenvalue weighted by atomic mass is 9.89. The number of hydrogen-bond donors (Lipinski definition) is 3. The molecule has 2 fully saturated rings. The monoisotopic (exact) mass is 495 g/mol. The van der Waals surface area contributed by atoms with E-state index in [1.807, 2.05) is 6.07 Å². The van der Waals surface area contributed by atoms with Crippen molar-refractivity contribution in [1.82, 2.24) is 24.5 Å². The predicted molar refractivity (Wildman–Crippen MR) is 136 cm³/mol. The summed E-state index contributed by atoms with van der Waals surface area (Å²) in [5.74, 6) is 0.854. The maximum atomic E-state index is 13.2. The molecule has 3 heterocycles. The van der Waals surface area contributed by atoms with Gasteiger partial charge in [0.05, 0.1) is 18.4 Å². The van der Waals surface area contributed by atoms with Crippen molar-refractivity contribution >= 4 is 28.9 Å². The summed E-state index contributed by atoms with van der Waals surface area (Å²) in [5, 5.41) is 13.7. The number of fused-ring (bicyclic) bond motifs is 1. The minimum absolute atomic E-state index is 0.0447. The number of ether oxygens (including phenoxy) is 2. The van der Waals surface area contributed by atoms with Gasteiger partial charge in [-0.3, -0.25) is 9.59 Å². The maximum Gasteiger partial charge on any atom is 0.274 e. The van der Waals surface area contributed by atoms with E-state index in [1.54, 1.807) is 48.7 Å². The fourth-order valence-electron chi connectivity index (χ4n) is 5.11. The maximum absolute atomic E-state index is 13.2. The molecule has 2 aliphatic carbocycles. The number of hydrogen-bond acceptors (Lipinski definition) is 8. The van der Waals surface area contributed by atoms with E-state index < -0.39 is 0 Å². The highest BCUT2D eigenvalue weighted by Crippen LogP contribution is 2.33. The second kappa shape index (κ2) is 10.3. The lowest BCUT2D eigenvalue weighted by molar-refractivity contribution is 0.00522. The van der Waals surface area contributed by atoms with Crippen LogP contribution in [0.2, 0.25) is 0 Å². The van der Waals surface area contributed by atoms with Gasteiger partial charge in [0.2, 0.25) is 0 Å². The highest BCUT2D eigenvalue weighted by Gasteiger charge is 2.31. The van der Waals surface area contributed by atoms with Crippen LogP contribution in [-0.2, 0) is 9.47 Å².